The number of hydrogen-bond acceptors (Lipinski definition) is 5. The SMILES string of the molecule is CCOC(=O)/C=C\c1ccc(NC(=O)N2CCC[C@H]2c2cc(OC)ccc2OC)cc1. The lowest BCUT2D eigenvalue weighted by atomic mass is 10.0. The molecule has 1 aliphatic rings. The summed E-state index contributed by atoms with van der Waals surface area (Å²) in [5, 5.41) is 2.96. The Kier molecular flexibility index (Phi) is 7.54. The first-order chi connectivity index (χ1) is 15.0. The minimum Gasteiger partial charge on any atom is -0.497 e. The van der Waals surface area contributed by atoms with Gasteiger partial charge in [0, 0.05) is 23.9 Å². The quantitative estimate of drug-likeness (QED) is 0.517. The predicted octanol–water partition coefficient (Wildman–Crippen LogP) is 4.65. The lowest BCUT2D eigenvalue weighted by Gasteiger charge is -2.27. The highest BCUT2D eigenvalue weighted by Crippen LogP contribution is 2.39. The summed E-state index contributed by atoms with van der Waals surface area (Å²) in [5.74, 6) is 1.09. The first kappa shape index (κ1) is 22.2. The molecule has 1 aliphatic heterocycles. The van der Waals surface area contributed by atoms with Gasteiger partial charge in [0.1, 0.15) is 11.5 Å². The molecule has 1 saturated heterocycles. The van der Waals surface area contributed by atoms with Gasteiger partial charge in [-0.2, -0.15) is 0 Å². The molecule has 1 fully saturated rings. The fraction of sp³-hybridized carbons (Fsp3) is 0.333. The summed E-state index contributed by atoms with van der Waals surface area (Å²) in [6.07, 6.45) is 4.83. The van der Waals surface area contributed by atoms with Gasteiger partial charge in [0.15, 0.2) is 0 Å². The van der Waals surface area contributed by atoms with Gasteiger partial charge in [-0.3, -0.25) is 0 Å². The zero-order chi connectivity index (χ0) is 22.2. The number of amides is 2. The molecule has 2 amide bonds. The van der Waals surface area contributed by atoms with Crippen LogP contribution in [0.15, 0.2) is 48.5 Å². The van der Waals surface area contributed by atoms with Crippen LogP contribution < -0.4 is 14.8 Å². The molecule has 2 aromatic carbocycles. The van der Waals surface area contributed by atoms with Crippen molar-refractivity contribution in [1.82, 2.24) is 4.90 Å². The average molecular weight is 424 g/mol. The highest BCUT2D eigenvalue weighted by molar-refractivity contribution is 5.90. The predicted molar refractivity (Wildman–Crippen MR) is 119 cm³/mol. The Hall–Kier alpha value is -3.48. The molecule has 7 heteroatoms. The number of anilines is 1. The molecule has 1 N–H and O–H groups in total. The highest BCUT2D eigenvalue weighted by Gasteiger charge is 2.32. The van der Waals surface area contributed by atoms with Crippen LogP contribution in [-0.4, -0.2) is 44.3 Å². The van der Waals surface area contributed by atoms with Crippen LogP contribution in [0.5, 0.6) is 11.5 Å². The molecule has 31 heavy (non-hydrogen) atoms. The van der Waals surface area contributed by atoms with Crippen molar-refractivity contribution in [3.63, 3.8) is 0 Å². The summed E-state index contributed by atoms with van der Waals surface area (Å²) in [6.45, 7) is 2.77. The Morgan fingerprint density at radius 2 is 1.90 bits per heavy atom. The smallest absolute Gasteiger partial charge is 0.330 e. The number of carbonyl (C=O) groups is 2. The Bertz CT molecular complexity index is 939. The lowest BCUT2D eigenvalue weighted by molar-refractivity contribution is -0.137. The third kappa shape index (κ3) is 5.57. The van der Waals surface area contributed by atoms with Crippen LogP contribution in [0.4, 0.5) is 10.5 Å². The van der Waals surface area contributed by atoms with E-state index in [1.165, 1.54) is 6.08 Å². The van der Waals surface area contributed by atoms with E-state index >= 15 is 0 Å². The van der Waals surface area contributed by atoms with Crippen molar-refractivity contribution in [2.24, 2.45) is 0 Å². The molecule has 164 valence electrons. The Balaban J connectivity index is 1.69. The molecule has 0 saturated carbocycles. The third-order valence-electron chi connectivity index (χ3n) is 5.17. The van der Waals surface area contributed by atoms with Crippen molar-refractivity contribution < 1.29 is 23.8 Å². The maximum absolute atomic E-state index is 13.0. The molecular weight excluding hydrogens is 396 g/mol. The van der Waals surface area contributed by atoms with Crippen LogP contribution in [0.1, 0.15) is 36.9 Å². The second-order valence-corrected chi connectivity index (χ2v) is 7.10. The lowest BCUT2D eigenvalue weighted by Crippen LogP contribution is -2.34. The second-order valence-electron chi connectivity index (χ2n) is 7.10. The minimum absolute atomic E-state index is 0.0863. The van der Waals surface area contributed by atoms with Crippen molar-refractivity contribution in [3.8, 4) is 11.5 Å². The van der Waals surface area contributed by atoms with Crippen LogP contribution in [0.25, 0.3) is 6.08 Å². The largest absolute Gasteiger partial charge is 0.497 e. The number of hydrogen-bond donors (Lipinski definition) is 1. The van der Waals surface area contributed by atoms with E-state index in [-0.39, 0.29) is 18.0 Å². The van der Waals surface area contributed by atoms with Crippen LogP contribution >= 0.6 is 0 Å². The summed E-state index contributed by atoms with van der Waals surface area (Å²) in [5.41, 5.74) is 2.46. The molecule has 3 rings (SSSR count). The molecule has 0 aliphatic carbocycles. The molecule has 0 radical (unpaired) electrons. The number of methoxy groups -OCH3 is 2. The van der Waals surface area contributed by atoms with Gasteiger partial charge >= 0.3 is 12.0 Å². The van der Waals surface area contributed by atoms with E-state index in [0.29, 0.717) is 18.8 Å². The minimum atomic E-state index is -0.382. The third-order valence-corrected chi connectivity index (χ3v) is 5.17. The van der Waals surface area contributed by atoms with E-state index in [2.05, 4.69) is 5.32 Å². The summed E-state index contributed by atoms with van der Waals surface area (Å²) < 4.78 is 15.7. The fourth-order valence-electron chi connectivity index (χ4n) is 3.66. The molecule has 0 unspecified atom stereocenters. The van der Waals surface area contributed by atoms with Crippen molar-refractivity contribution in [2.75, 3.05) is 32.7 Å². The van der Waals surface area contributed by atoms with Gasteiger partial charge in [-0.1, -0.05) is 12.1 Å². The number of esters is 1. The summed E-state index contributed by atoms with van der Waals surface area (Å²) in [6, 6.07) is 12.7. The Morgan fingerprint density at radius 1 is 1.13 bits per heavy atom. The van der Waals surface area contributed by atoms with Crippen molar-refractivity contribution in [1.29, 1.82) is 0 Å². The zero-order valence-electron chi connectivity index (χ0n) is 18.1. The topological polar surface area (TPSA) is 77.1 Å². The van der Waals surface area contributed by atoms with E-state index < -0.39 is 0 Å². The maximum Gasteiger partial charge on any atom is 0.330 e. The van der Waals surface area contributed by atoms with E-state index in [1.807, 2.05) is 35.2 Å². The van der Waals surface area contributed by atoms with Gasteiger partial charge in [0.05, 0.1) is 26.9 Å². The summed E-state index contributed by atoms with van der Waals surface area (Å²) >= 11 is 0. The van der Waals surface area contributed by atoms with Crippen molar-refractivity contribution in [3.05, 3.63) is 59.7 Å². The van der Waals surface area contributed by atoms with Crippen LogP contribution in [0.2, 0.25) is 0 Å². The van der Waals surface area contributed by atoms with Gasteiger partial charge in [-0.15, -0.1) is 0 Å². The normalized spacial score (nSPS) is 15.7. The van der Waals surface area contributed by atoms with E-state index in [0.717, 1.165) is 35.5 Å². The number of carbonyl (C=O) groups excluding carboxylic acids is 2. The average Bonchev–Trinajstić information content (AvgIpc) is 3.28. The summed E-state index contributed by atoms with van der Waals surface area (Å²) in [7, 11) is 3.25. The van der Waals surface area contributed by atoms with Crippen LogP contribution in [0, 0.1) is 0 Å². The first-order valence-electron chi connectivity index (χ1n) is 10.3. The Labute approximate surface area is 182 Å². The standard InChI is InChI=1S/C24H28N2O5/c1-4-31-23(27)14-9-17-7-10-18(11-8-17)25-24(28)26-15-5-6-21(26)20-16-19(29-2)12-13-22(20)30-3/h7-14,16,21H,4-6,15H2,1-3H3,(H,25,28)/b14-9-/t21-/m0/s1. The molecule has 0 aromatic heterocycles. The van der Waals surface area contributed by atoms with E-state index in [4.69, 9.17) is 14.2 Å². The van der Waals surface area contributed by atoms with Gasteiger partial charge in [0.2, 0.25) is 0 Å². The maximum atomic E-state index is 13.0. The first-order valence-corrected chi connectivity index (χ1v) is 10.3. The van der Waals surface area contributed by atoms with Crippen molar-refractivity contribution >= 4 is 23.8 Å². The molecule has 1 atom stereocenters. The van der Waals surface area contributed by atoms with Gasteiger partial charge in [-0.05, 0) is 61.7 Å². The van der Waals surface area contributed by atoms with Gasteiger partial charge in [-0.25, -0.2) is 9.59 Å². The number of rotatable bonds is 7. The number of nitrogens with zero attached hydrogens (tertiary/aromatic N) is 1. The van der Waals surface area contributed by atoms with Gasteiger partial charge in [0.25, 0.3) is 0 Å². The molecule has 7 nitrogen and oxygen atoms in total. The van der Waals surface area contributed by atoms with Crippen LogP contribution in [0.3, 0.4) is 0 Å². The number of likely N-dealkylation sites (tertiary alicyclic amines) is 1. The van der Waals surface area contributed by atoms with Crippen LogP contribution in [-0.2, 0) is 9.53 Å². The van der Waals surface area contributed by atoms with Gasteiger partial charge < -0.3 is 24.4 Å². The fourth-order valence-corrected chi connectivity index (χ4v) is 3.66. The monoisotopic (exact) mass is 424 g/mol. The number of nitrogens with one attached hydrogen (secondary N) is 1. The van der Waals surface area contributed by atoms with E-state index in [1.54, 1.807) is 39.4 Å². The number of benzene rings is 2. The molecule has 2 aromatic rings. The Morgan fingerprint density at radius 3 is 2.58 bits per heavy atom. The van der Waals surface area contributed by atoms with Crippen molar-refractivity contribution in [2.45, 2.75) is 25.8 Å². The molecule has 1 heterocycles. The molecule has 0 bridgehead atoms. The zero-order valence-corrected chi connectivity index (χ0v) is 18.1. The second kappa shape index (κ2) is 10.5. The summed E-state index contributed by atoms with van der Waals surface area (Å²) in [4.78, 5) is 26.2. The molecular formula is C24H28N2O5. The molecule has 0 spiro atoms. The number of urea groups is 1. The highest BCUT2D eigenvalue weighted by atomic mass is 16.5. The number of ether oxygens (including phenoxy) is 3. The van der Waals surface area contributed by atoms with E-state index in [9.17, 15) is 9.59 Å².